The van der Waals surface area contributed by atoms with E-state index in [1.165, 1.54) is 14.2 Å². The Morgan fingerprint density at radius 3 is 2.05 bits per heavy atom. The van der Waals surface area contributed by atoms with Gasteiger partial charge in [-0.3, -0.25) is 9.59 Å². The first-order chi connectivity index (χ1) is 9.53. The number of carbonyl (C=O) groups excluding carboxylic acids is 2. The molecule has 0 aromatic heterocycles. The number of benzene rings is 1. The topological polar surface area (TPSA) is 61.8 Å². The van der Waals surface area contributed by atoms with E-state index < -0.39 is 0 Å². The molecule has 5 nitrogen and oxygen atoms in total. The molecule has 0 aliphatic heterocycles. The van der Waals surface area contributed by atoms with E-state index in [2.05, 4.69) is 0 Å². The van der Waals surface area contributed by atoms with Crippen molar-refractivity contribution >= 4 is 11.8 Å². The predicted molar refractivity (Wildman–Crippen MR) is 74.5 cm³/mol. The van der Waals surface area contributed by atoms with Crippen LogP contribution in [-0.4, -0.2) is 32.6 Å². The molecule has 0 atom stereocenters. The number of hydrogen-bond acceptors (Lipinski definition) is 5. The van der Waals surface area contributed by atoms with Crippen LogP contribution in [0.4, 0.5) is 0 Å². The molecule has 0 unspecified atom stereocenters. The molecule has 0 aliphatic rings. The molecule has 0 radical (unpaired) electrons. The van der Waals surface area contributed by atoms with E-state index in [1.807, 2.05) is 6.92 Å². The minimum Gasteiger partial charge on any atom is -0.496 e. The van der Waals surface area contributed by atoms with Gasteiger partial charge in [-0.1, -0.05) is 0 Å². The Labute approximate surface area is 118 Å². The first-order valence-electron chi connectivity index (χ1n) is 6.44. The number of hydrogen-bond donors (Lipinski definition) is 0. The van der Waals surface area contributed by atoms with Gasteiger partial charge in [0.2, 0.25) is 0 Å². The van der Waals surface area contributed by atoms with E-state index in [4.69, 9.17) is 14.2 Å². The second kappa shape index (κ2) is 7.53. The van der Waals surface area contributed by atoms with E-state index in [0.29, 0.717) is 23.7 Å². The molecule has 5 heteroatoms. The van der Waals surface area contributed by atoms with Gasteiger partial charge in [-0.15, -0.1) is 0 Å². The number of rotatable bonds is 7. The van der Waals surface area contributed by atoms with Crippen molar-refractivity contribution in [1.29, 1.82) is 0 Å². The minimum atomic E-state index is -0.383. The molecule has 0 aliphatic carbocycles. The highest BCUT2D eigenvalue weighted by atomic mass is 16.5. The summed E-state index contributed by atoms with van der Waals surface area (Å²) in [6.07, 6.45) is 0.113. The molecule has 0 amide bonds. The summed E-state index contributed by atoms with van der Waals surface area (Å²) in [5, 5.41) is 0. The molecule has 1 aromatic carbocycles. The van der Waals surface area contributed by atoms with Crippen molar-refractivity contribution in [3.63, 3.8) is 0 Å². The van der Waals surface area contributed by atoms with Gasteiger partial charge in [-0.25, -0.2) is 0 Å². The number of aryl methyl sites for hydroxylation is 1. The van der Waals surface area contributed by atoms with Gasteiger partial charge in [0.05, 0.1) is 27.2 Å². The summed E-state index contributed by atoms with van der Waals surface area (Å²) in [6.45, 7) is 3.92. The van der Waals surface area contributed by atoms with E-state index in [0.717, 1.165) is 5.56 Å². The second-order valence-electron chi connectivity index (χ2n) is 4.27. The minimum absolute atomic E-state index is 0.0485. The summed E-state index contributed by atoms with van der Waals surface area (Å²) in [7, 11) is 2.99. The zero-order valence-electron chi connectivity index (χ0n) is 12.3. The first-order valence-corrected chi connectivity index (χ1v) is 6.44. The normalized spacial score (nSPS) is 10.0. The van der Waals surface area contributed by atoms with E-state index in [1.54, 1.807) is 19.1 Å². The predicted octanol–water partition coefficient (Wildman–Crippen LogP) is 2.54. The van der Waals surface area contributed by atoms with E-state index >= 15 is 0 Å². The zero-order chi connectivity index (χ0) is 15.1. The number of esters is 1. The van der Waals surface area contributed by atoms with Crippen molar-refractivity contribution < 1.29 is 23.8 Å². The molecule has 0 heterocycles. The maximum Gasteiger partial charge on any atom is 0.306 e. The van der Waals surface area contributed by atoms with Gasteiger partial charge in [0, 0.05) is 6.42 Å². The quantitative estimate of drug-likeness (QED) is 0.567. The van der Waals surface area contributed by atoms with Gasteiger partial charge in [0.15, 0.2) is 5.78 Å². The van der Waals surface area contributed by atoms with Gasteiger partial charge < -0.3 is 14.2 Å². The molecule has 0 saturated heterocycles. The highest BCUT2D eigenvalue weighted by Crippen LogP contribution is 2.31. The lowest BCUT2D eigenvalue weighted by Gasteiger charge is -2.13. The lowest BCUT2D eigenvalue weighted by molar-refractivity contribution is -0.143. The third kappa shape index (κ3) is 3.98. The van der Waals surface area contributed by atoms with Gasteiger partial charge >= 0.3 is 5.97 Å². The number of Topliss-reactive ketones (excluding diaryl/α,β-unsaturated/α-hetero) is 1. The van der Waals surface area contributed by atoms with Gasteiger partial charge in [-0.2, -0.15) is 0 Å². The average molecular weight is 280 g/mol. The highest BCUT2D eigenvalue weighted by molar-refractivity contribution is 6.02. The molecule has 20 heavy (non-hydrogen) atoms. The highest BCUT2D eigenvalue weighted by Gasteiger charge is 2.20. The number of ketones is 1. The van der Waals surface area contributed by atoms with Gasteiger partial charge in [-0.05, 0) is 31.5 Å². The standard InChI is InChI=1S/C15H20O5/c1-5-20-14(17)7-6-11(16)15-12(18-3)8-10(2)9-13(15)19-4/h8-9H,5-7H2,1-4H3. The lowest BCUT2D eigenvalue weighted by atomic mass is 10.0. The van der Waals surface area contributed by atoms with Crippen molar-refractivity contribution in [3.05, 3.63) is 23.3 Å². The third-order valence-electron chi connectivity index (χ3n) is 2.79. The summed E-state index contributed by atoms with van der Waals surface area (Å²) in [6, 6.07) is 3.53. The molecular weight excluding hydrogens is 260 g/mol. The van der Waals surface area contributed by atoms with E-state index in [9.17, 15) is 9.59 Å². The van der Waals surface area contributed by atoms with Crippen molar-refractivity contribution in [2.45, 2.75) is 26.7 Å². The van der Waals surface area contributed by atoms with Crippen LogP contribution < -0.4 is 9.47 Å². The van der Waals surface area contributed by atoms with Crippen LogP contribution in [0, 0.1) is 6.92 Å². The zero-order valence-corrected chi connectivity index (χ0v) is 12.3. The summed E-state index contributed by atoms with van der Waals surface area (Å²) >= 11 is 0. The van der Waals surface area contributed by atoms with Crippen LogP contribution in [0.5, 0.6) is 11.5 Å². The first kappa shape index (κ1) is 16.0. The Hall–Kier alpha value is -2.04. The monoisotopic (exact) mass is 280 g/mol. The Morgan fingerprint density at radius 1 is 1.05 bits per heavy atom. The fourth-order valence-electron chi connectivity index (χ4n) is 1.89. The Balaban J connectivity index is 2.94. The smallest absolute Gasteiger partial charge is 0.306 e. The number of ether oxygens (including phenoxy) is 3. The third-order valence-corrected chi connectivity index (χ3v) is 2.79. The van der Waals surface area contributed by atoms with Crippen LogP contribution in [0.25, 0.3) is 0 Å². The fraction of sp³-hybridized carbons (Fsp3) is 0.467. The van der Waals surface area contributed by atoms with Crippen LogP contribution in [-0.2, 0) is 9.53 Å². The van der Waals surface area contributed by atoms with E-state index in [-0.39, 0.29) is 24.6 Å². The summed E-state index contributed by atoms with van der Waals surface area (Å²) < 4.78 is 15.3. The molecule has 0 bridgehead atoms. The Bertz CT molecular complexity index is 468. The molecule has 0 saturated carbocycles. The molecule has 110 valence electrons. The second-order valence-corrected chi connectivity index (χ2v) is 4.27. The Kier molecular flexibility index (Phi) is 6.03. The fourth-order valence-corrected chi connectivity index (χ4v) is 1.89. The molecule has 1 aromatic rings. The summed E-state index contributed by atoms with van der Waals surface area (Å²) in [4.78, 5) is 23.6. The van der Waals surface area contributed by atoms with Crippen molar-refractivity contribution in [2.75, 3.05) is 20.8 Å². The maximum absolute atomic E-state index is 12.3. The Morgan fingerprint density at radius 2 is 1.60 bits per heavy atom. The lowest BCUT2D eigenvalue weighted by Crippen LogP contribution is -2.10. The molecular formula is C15H20O5. The number of carbonyl (C=O) groups is 2. The molecule has 1 rings (SSSR count). The van der Waals surface area contributed by atoms with Crippen molar-refractivity contribution in [2.24, 2.45) is 0 Å². The summed E-state index contributed by atoms with van der Waals surface area (Å²) in [5.41, 5.74) is 1.30. The largest absolute Gasteiger partial charge is 0.496 e. The van der Waals surface area contributed by atoms with Crippen LogP contribution in [0.1, 0.15) is 35.7 Å². The van der Waals surface area contributed by atoms with Crippen LogP contribution in [0.2, 0.25) is 0 Å². The average Bonchev–Trinajstić information content (AvgIpc) is 2.43. The van der Waals surface area contributed by atoms with Crippen molar-refractivity contribution in [3.8, 4) is 11.5 Å². The molecule has 0 N–H and O–H groups in total. The number of methoxy groups -OCH3 is 2. The molecule has 0 spiro atoms. The van der Waals surface area contributed by atoms with Crippen LogP contribution in [0.15, 0.2) is 12.1 Å². The van der Waals surface area contributed by atoms with Crippen LogP contribution >= 0.6 is 0 Å². The SMILES string of the molecule is CCOC(=O)CCC(=O)c1c(OC)cc(C)cc1OC. The van der Waals surface area contributed by atoms with Crippen molar-refractivity contribution in [1.82, 2.24) is 0 Å². The molecule has 0 fully saturated rings. The maximum atomic E-state index is 12.3. The van der Waals surface area contributed by atoms with Gasteiger partial charge in [0.25, 0.3) is 0 Å². The van der Waals surface area contributed by atoms with Crippen LogP contribution in [0.3, 0.4) is 0 Å². The summed E-state index contributed by atoms with van der Waals surface area (Å²) in [5.74, 6) is 0.323. The van der Waals surface area contributed by atoms with Gasteiger partial charge in [0.1, 0.15) is 17.1 Å².